The number of thiazole rings is 1. The number of thiophene rings is 1. The molecule has 2 aromatic heterocycles. The van der Waals surface area contributed by atoms with Crippen LogP contribution in [0.2, 0.25) is 0 Å². The molecular formula is C20H22N2OS2. The third kappa shape index (κ3) is 5.00. The van der Waals surface area contributed by atoms with Gasteiger partial charge in [-0.3, -0.25) is 4.79 Å². The maximum atomic E-state index is 12.8. The minimum Gasteiger partial charge on any atom is -0.355 e. The van der Waals surface area contributed by atoms with Gasteiger partial charge in [-0.1, -0.05) is 35.9 Å². The molecule has 25 heavy (non-hydrogen) atoms. The highest BCUT2D eigenvalue weighted by Gasteiger charge is 2.21. The summed E-state index contributed by atoms with van der Waals surface area (Å²) in [5.41, 5.74) is 3.33. The highest BCUT2D eigenvalue weighted by atomic mass is 32.1. The summed E-state index contributed by atoms with van der Waals surface area (Å²) in [6.07, 6.45) is 1.51. The van der Waals surface area contributed by atoms with Crippen LogP contribution in [0.1, 0.15) is 32.6 Å². The van der Waals surface area contributed by atoms with E-state index < -0.39 is 0 Å². The molecule has 0 radical (unpaired) electrons. The summed E-state index contributed by atoms with van der Waals surface area (Å²) < 4.78 is 0. The molecule has 1 atom stereocenters. The first-order valence-corrected chi connectivity index (χ1v) is 10.2. The molecule has 1 N–H and O–H groups in total. The van der Waals surface area contributed by atoms with E-state index in [9.17, 15) is 4.79 Å². The van der Waals surface area contributed by atoms with Gasteiger partial charge in [-0.05, 0) is 37.3 Å². The van der Waals surface area contributed by atoms with E-state index in [4.69, 9.17) is 0 Å². The fraction of sp³-hybridized carbons (Fsp3) is 0.300. The van der Waals surface area contributed by atoms with Crippen LogP contribution in [0, 0.1) is 13.8 Å². The Labute approximate surface area is 156 Å². The van der Waals surface area contributed by atoms with Gasteiger partial charge in [0.1, 0.15) is 0 Å². The monoisotopic (exact) mass is 370 g/mol. The summed E-state index contributed by atoms with van der Waals surface area (Å²) in [4.78, 5) is 18.5. The van der Waals surface area contributed by atoms with Crippen LogP contribution in [0.5, 0.6) is 0 Å². The molecule has 5 heteroatoms. The quantitative estimate of drug-likeness (QED) is 0.665. The van der Waals surface area contributed by atoms with E-state index in [0.29, 0.717) is 6.54 Å². The Morgan fingerprint density at radius 3 is 2.60 bits per heavy atom. The van der Waals surface area contributed by atoms with Gasteiger partial charge in [0.05, 0.1) is 16.6 Å². The maximum absolute atomic E-state index is 12.8. The Morgan fingerprint density at radius 2 is 1.96 bits per heavy atom. The summed E-state index contributed by atoms with van der Waals surface area (Å²) in [7, 11) is 0. The number of hydrogen-bond donors (Lipinski definition) is 1. The van der Waals surface area contributed by atoms with Crippen LogP contribution in [-0.2, 0) is 17.6 Å². The Morgan fingerprint density at radius 1 is 1.16 bits per heavy atom. The first-order chi connectivity index (χ1) is 12.1. The van der Waals surface area contributed by atoms with E-state index in [1.807, 2.05) is 13.0 Å². The Kier molecular flexibility index (Phi) is 6.00. The van der Waals surface area contributed by atoms with E-state index in [1.54, 1.807) is 22.7 Å². The van der Waals surface area contributed by atoms with Gasteiger partial charge in [-0.2, -0.15) is 0 Å². The molecule has 0 aliphatic rings. The molecule has 0 bridgehead atoms. The van der Waals surface area contributed by atoms with Crippen LogP contribution in [0.25, 0.3) is 0 Å². The lowest BCUT2D eigenvalue weighted by Crippen LogP contribution is -2.32. The number of carbonyl (C=O) groups is 1. The molecule has 1 aromatic carbocycles. The molecule has 3 nitrogen and oxygen atoms in total. The second-order valence-electron chi connectivity index (χ2n) is 6.15. The van der Waals surface area contributed by atoms with Crippen molar-refractivity contribution < 1.29 is 4.79 Å². The normalized spacial score (nSPS) is 12.1. The molecule has 0 saturated carbocycles. The molecule has 2 heterocycles. The zero-order valence-electron chi connectivity index (χ0n) is 14.5. The zero-order chi connectivity index (χ0) is 17.6. The second kappa shape index (κ2) is 8.41. The number of nitrogens with one attached hydrogen (secondary N) is 1. The van der Waals surface area contributed by atoms with E-state index in [1.165, 1.54) is 10.4 Å². The molecule has 0 fully saturated rings. The van der Waals surface area contributed by atoms with Crippen LogP contribution in [0.4, 0.5) is 0 Å². The van der Waals surface area contributed by atoms with Gasteiger partial charge >= 0.3 is 0 Å². The topological polar surface area (TPSA) is 42.0 Å². The van der Waals surface area contributed by atoms with Gasteiger partial charge in [0.25, 0.3) is 0 Å². The first kappa shape index (κ1) is 17.8. The van der Waals surface area contributed by atoms with Crippen LogP contribution >= 0.6 is 22.7 Å². The molecule has 3 aromatic rings. The van der Waals surface area contributed by atoms with E-state index in [-0.39, 0.29) is 11.8 Å². The molecule has 1 amide bonds. The standard InChI is InChI=1S/C20H22N2OS2/c1-14-5-7-16(8-6-14)19(12-18-4-3-11-24-18)20(23)21-10-9-17-13-25-15(2)22-17/h3-8,11,13,19H,9-10,12H2,1-2H3,(H,21,23). The second-order valence-corrected chi connectivity index (χ2v) is 8.24. The highest BCUT2D eigenvalue weighted by molar-refractivity contribution is 7.10. The minimum atomic E-state index is -0.156. The lowest BCUT2D eigenvalue weighted by molar-refractivity contribution is -0.122. The first-order valence-electron chi connectivity index (χ1n) is 8.39. The van der Waals surface area contributed by atoms with Crippen molar-refractivity contribution in [3.05, 3.63) is 73.9 Å². The van der Waals surface area contributed by atoms with Crippen LogP contribution in [0.15, 0.2) is 47.2 Å². The largest absolute Gasteiger partial charge is 0.355 e. The van der Waals surface area contributed by atoms with Gasteiger partial charge in [-0.25, -0.2) is 4.98 Å². The third-order valence-electron chi connectivity index (χ3n) is 4.13. The van der Waals surface area contributed by atoms with E-state index in [0.717, 1.165) is 29.1 Å². The SMILES string of the molecule is Cc1ccc(C(Cc2cccs2)C(=O)NCCc2csc(C)n2)cc1. The van der Waals surface area contributed by atoms with Crippen molar-refractivity contribution >= 4 is 28.6 Å². The van der Waals surface area contributed by atoms with Crippen molar-refractivity contribution in [2.75, 3.05) is 6.54 Å². The Balaban J connectivity index is 1.66. The summed E-state index contributed by atoms with van der Waals surface area (Å²) >= 11 is 3.35. The van der Waals surface area contributed by atoms with Crippen molar-refractivity contribution in [2.45, 2.75) is 32.6 Å². The molecule has 1 unspecified atom stereocenters. The average molecular weight is 371 g/mol. The maximum Gasteiger partial charge on any atom is 0.227 e. The van der Waals surface area contributed by atoms with E-state index in [2.05, 4.69) is 58.3 Å². The predicted molar refractivity (Wildman–Crippen MR) is 106 cm³/mol. The van der Waals surface area contributed by atoms with Crippen LogP contribution in [0.3, 0.4) is 0 Å². The average Bonchev–Trinajstić information content (AvgIpc) is 3.25. The molecule has 130 valence electrons. The molecule has 0 aliphatic carbocycles. The molecule has 0 spiro atoms. The zero-order valence-corrected chi connectivity index (χ0v) is 16.1. The highest BCUT2D eigenvalue weighted by Crippen LogP contribution is 2.24. The summed E-state index contributed by atoms with van der Waals surface area (Å²) in [6, 6.07) is 12.4. The minimum absolute atomic E-state index is 0.0872. The molecule has 0 aliphatic heterocycles. The summed E-state index contributed by atoms with van der Waals surface area (Å²) in [6.45, 7) is 4.68. The van der Waals surface area contributed by atoms with Crippen molar-refractivity contribution in [3.8, 4) is 0 Å². The number of rotatable bonds is 7. The summed E-state index contributed by atoms with van der Waals surface area (Å²) in [5, 5.41) is 8.28. The number of amides is 1. The lowest BCUT2D eigenvalue weighted by atomic mass is 9.93. The van der Waals surface area contributed by atoms with Gasteiger partial charge in [0, 0.05) is 23.2 Å². The number of aromatic nitrogens is 1. The van der Waals surface area contributed by atoms with Crippen molar-refractivity contribution in [1.82, 2.24) is 10.3 Å². The molecule has 3 rings (SSSR count). The van der Waals surface area contributed by atoms with Crippen LogP contribution in [-0.4, -0.2) is 17.4 Å². The fourth-order valence-corrected chi connectivity index (χ4v) is 4.15. The molecule has 0 saturated heterocycles. The number of aryl methyl sites for hydroxylation is 2. The van der Waals surface area contributed by atoms with E-state index >= 15 is 0 Å². The van der Waals surface area contributed by atoms with Gasteiger partial charge in [-0.15, -0.1) is 22.7 Å². The Bertz CT molecular complexity index is 807. The Hall–Kier alpha value is -1.98. The third-order valence-corrected chi connectivity index (χ3v) is 5.85. The van der Waals surface area contributed by atoms with Crippen molar-refractivity contribution in [2.24, 2.45) is 0 Å². The van der Waals surface area contributed by atoms with Gasteiger partial charge < -0.3 is 5.32 Å². The summed E-state index contributed by atoms with van der Waals surface area (Å²) in [5.74, 6) is -0.0689. The number of benzene rings is 1. The predicted octanol–water partition coefficient (Wildman–Crippen LogP) is 4.51. The van der Waals surface area contributed by atoms with Gasteiger partial charge in [0.2, 0.25) is 5.91 Å². The number of hydrogen-bond acceptors (Lipinski definition) is 4. The number of nitrogens with zero attached hydrogens (tertiary/aromatic N) is 1. The van der Waals surface area contributed by atoms with Gasteiger partial charge in [0.15, 0.2) is 0 Å². The van der Waals surface area contributed by atoms with Crippen molar-refractivity contribution in [1.29, 1.82) is 0 Å². The van der Waals surface area contributed by atoms with Crippen molar-refractivity contribution in [3.63, 3.8) is 0 Å². The lowest BCUT2D eigenvalue weighted by Gasteiger charge is -2.17. The fourth-order valence-electron chi connectivity index (χ4n) is 2.75. The smallest absolute Gasteiger partial charge is 0.227 e. The molecular weight excluding hydrogens is 348 g/mol. The van der Waals surface area contributed by atoms with Crippen LogP contribution < -0.4 is 5.32 Å². The number of carbonyl (C=O) groups excluding carboxylic acids is 1.